The van der Waals surface area contributed by atoms with Crippen molar-refractivity contribution in [3.8, 4) is 0 Å². The number of rotatable bonds is 8. The van der Waals surface area contributed by atoms with Crippen LogP contribution in [-0.4, -0.2) is 75.0 Å². The normalized spacial score (nSPS) is 22.4. The molecule has 1 aromatic rings. The molecule has 2 atom stereocenters. The van der Waals surface area contributed by atoms with Crippen molar-refractivity contribution in [3.63, 3.8) is 0 Å². The van der Waals surface area contributed by atoms with Crippen molar-refractivity contribution in [2.45, 2.75) is 63.4 Å². The number of ether oxygens (including phenoxy) is 1. The smallest absolute Gasteiger partial charge is 0.243 e. The summed E-state index contributed by atoms with van der Waals surface area (Å²) in [5, 5.41) is 3.09. The van der Waals surface area contributed by atoms with Crippen LogP contribution in [0.5, 0.6) is 0 Å². The summed E-state index contributed by atoms with van der Waals surface area (Å²) in [5.74, 6) is 0.329. The Bertz CT molecular complexity index is 820. The van der Waals surface area contributed by atoms with E-state index in [9.17, 15) is 13.2 Å². The van der Waals surface area contributed by atoms with Crippen LogP contribution >= 0.6 is 0 Å². The van der Waals surface area contributed by atoms with Gasteiger partial charge in [-0.3, -0.25) is 9.69 Å². The van der Waals surface area contributed by atoms with Crippen molar-refractivity contribution in [1.29, 1.82) is 0 Å². The summed E-state index contributed by atoms with van der Waals surface area (Å²) in [4.78, 5) is 15.8. The number of morpholine rings is 1. The molecule has 174 valence electrons. The van der Waals surface area contributed by atoms with Gasteiger partial charge < -0.3 is 10.1 Å². The van der Waals surface area contributed by atoms with Crippen LogP contribution in [0.2, 0.25) is 0 Å². The molecule has 0 radical (unpaired) electrons. The third-order valence-electron chi connectivity index (χ3n) is 6.20. The van der Waals surface area contributed by atoms with Crippen molar-refractivity contribution >= 4 is 15.9 Å². The Morgan fingerprint density at radius 1 is 1.13 bits per heavy atom. The summed E-state index contributed by atoms with van der Waals surface area (Å²) in [6.45, 7) is 10.4. The maximum Gasteiger partial charge on any atom is 0.243 e. The van der Waals surface area contributed by atoms with E-state index in [1.165, 1.54) is 4.31 Å². The molecule has 2 aliphatic rings. The van der Waals surface area contributed by atoms with Crippen molar-refractivity contribution in [1.82, 2.24) is 14.5 Å². The molecule has 8 heteroatoms. The van der Waals surface area contributed by atoms with Crippen LogP contribution in [0.15, 0.2) is 29.2 Å². The Morgan fingerprint density at radius 3 is 2.45 bits per heavy atom. The molecule has 0 spiro atoms. The first-order valence-electron chi connectivity index (χ1n) is 11.5. The Morgan fingerprint density at radius 2 is 1.81 bits per heavy atom. The zero-order chi connectivity index (χ0) is 22.4. The van der Waals surface area contributed by atoms with Crippen molar-refractivity contribution in [2.24, 2.45) is 5.92 Å². The third-order valence-corrected chi connectivity index (χ3v) is 8.12. The van der Waals surface area contributed by atoms with Gasteiger partial charge in [0, 0.05) is 32.2 Å². The molecule has 3 rings (SSSR count). The molecule has 2 unspecified atom stereocenters. The number of sulfonamides is 1. The van der Waals surface area contributed by atoms with Gasteiger partial charge in [0.1, 0.15) is 6.04 Å². The van der Waals surface area contributed by atoms with Gasteiger partial charge in [-0.15, -0.1) is 0 Å². The van der Waals surface area contributed by atoms with E-state index in [2.05, 4.69) is 24.1 Å². The van der Waals surface area contributed by atoms with Crippen LogP contribution in [0.4, 0.5) is 0 Å². The van der Waals surface area contributed by atoms with Gasteiger partial charge in [0.25, 0.3) is 0 Å². The molecule has 2 heterocycles. The molecule has 2 saturated heterocycles. The number of nitrogens with zero attached hydrogens (tertiary/aromatic N) is 2. The standard InChI is InChI=1S/C23H37N3O4S/c1-18(2)16-20(25-12-14-30-15-13-25)17-24-23(27)22-6-4-5-11-26(22)31(28,29)21-9-7-19(3)8-10-21/h7-10,18,20,22H,4-6,11-17H2,1-3H3,(H,24,27). The van der Waals surface area contributed by atoms with Crippen molar-refractivity contribution in [2.75, 3.05) is 39.4 Å². The van der Waals surface area contributed by atoms with E-state index in [1.807, 2.05) is 6.92 Å². The summed E-state index contributed by atoms with van der Waals surface area (Å²) in [6.07, 6.45) is 3.18. The topological polar surface area (TPSA) is 79.0 Å². The quantitative estimate of drug-likeness (QED) is 0.657. The number of piperidine rings is 1. The first kappa shape index (κ1) is 24.2. The summed E-state index contributed by atoms with van der Waals surface area (Å²) in [5.41, 5.74) is 1.01. The van der Waals surface area contributed by atoms with Gasteiger partial charge >= 0.3 is 0 Å². The predicted molar refractivity (Wildman–Crippen MR) is 121 cm³/mol. The molecule has 1 aromatic carbocycles. The lowest BCUT2D eigenvalue weighted by Gasteiger charge is -2.37. The van der Waals surface area contributed by atoms with Gasteiger partial charge in [0.2, 0.25) is 15.9 Å². The Hall–Kier alpha value is -1.48. The average Bonchev–Trinajstić information content (AvgIpc) is 2.77. The summed E-state index contributed by atoms with van der Waals surface area (Å²) >= 11 is 0. The lowest BCUT2D eigenvalue weighted by atomic mass is 10.0. The molecule has 0 saturated carbocycles. The lowest BCUT2D eigenvalue weighted by Crippen LogP contribution is -2.55. The molecular formula is C23H37N3O4S. The van der Waals surface area contributed by atoms with Crippen LogP contribution in [0.1, 0.15) is 45.1 Å². The van der Waals surface area contributed by atoms with Crippen LogP contribution < -0.4 is 5.32 Å². The van der Waals surface area contributed by atoms with Gasteiger partial charge in [-0.2, -0.15) is 4.31 Å². The summed E-state index contributed by atoms with van der Waals surface area (Å²) in [6, 6.07) is 6.44. The first-order valence-corrected chi connectivity index (χ1v) is 12.9. The Balaban J connectivity index is 1.69. The summed E-state index contributed by atoms with van der Waals surface area (Å²) < 4.78 is 33.4. The molecule has 31 heavy (non-hydrogen) atoms. The molecule has 1 amide bonds. The van der Waals surface area contributed by atoms with E-state index >= 15 is 0 Å². The van der Waals surface area contributed by atoms with Crippen molar-refractivity contribution < 1.29 is 17.9 Å². The second kappa shape index (κ2) is 10.9. The highest BCUT2D eigenvalue weighted by atomic mass is 32.2. The second-order valence-electron chi connectivity index (χ2n) is 9.12. The van der Waals surface area contributed by atoms with Crippen molar-refractivity contribution in [3.05, 3.63) is 29.8 Å². The van der Waals surface area contributed by atoms with Gasteiger partial charge in [-0.1, -0.05) is 38.0 Å². The minimum atomic E-state index is -3.71. The SMILES string of the molecule is Cc1ccc(S(=O)(=O)N2CCCCC2C(=O)NCC(CC(C)C)N2CCOCC2)cc1. The molecule has 2 fully saturated rings. The molecule has 7 nitrogen and oxygen atoms in total. The number of benzene rings is 1. The summed E-state index contributed by atoms with van der Waals surface area (Å²) in [7, 11) is -3.71. The maximum atomic E-state index is 13.3. The molecule has 0 bridgehead atoms. The number of aryl methyl sites for hydroxylation is 1. The number of nitrogens with one attached hydrogen (secondary N) is 1. The maximum absolute atomic E-state index is 13.3. The zero-order valence-corrected chi connectivity index (χ0v) is 19.9. The predicted octanol–water partition coefficient (Wildman–Crippen LogP) is 2.40. The minimum Gasteiger partial charge on any atom is -0.379 e. The zero-order valence-electron chi connectivity index (χ0n) is 19.0. The number of amides is 1. The van der Waals surface area contributed by atoms with E-state index < -0.39 is 16.1 Å². The molecular weight excluding hydrogens is 414 g/mol. The highest BCUT2D eigenvalue weighted by Gasteiger charge is 2.38. The highest BCUT2D eigenvalue weighted by Crippen LogP contribution is 2.26. The fourth-order valence-corrected chi connectivity index (χ4v) is 6.14. The lowest BCUT2D eigenvalue weighted by molar-refractivity contribution is -0.126. The van der Waals surface area contributed by atoms with E-state index in [0.717, 1.165) is 37.9 Å². The van der Waals surface area contributed by atoms with Gasteiger partial charge in [-0.05, 0) is 44.2 Å². The number of carbonyl (C=O) groups excluding carboxylic acids is 1. The number of hydrogen-bond acceptors (Lipinski definition) is 5. The number of hydrogen-bond donors (Lipinski definition) is 1. The van der Waals surface area contributed by atoms with E-state index in [-0.39, 0.29) is 16.8 Å². The molecule has 1 N–H and O–H groups in total. The minimum absolute atomic E-state index is 0.183. The fraction of sp³-hybridized carbons (Fsp3) is 0.696. The van der Waals surface area contributed by atoms with Crippen LogP contribution in [0.25, 0.3) is 0 Å². The molecule has 0 aliphatic carbocycles. The Kier molecular flexibility index (Phi) is 8.50. The van der Waals surface area contributed by atoms with Crippen LogP contribution in [0, 0.1) is 12.8 Å². The van der Waals surface area contributed by atoms with E-state index in [0.29, 0.717) is 38.6 Å². The fourth-order valence-electron chi connectivity index (χ4n) is 4.48. The Labute approximate surface area is 187 Å². The largest absolute Gasteiger partial charge is 0.379 e. The first-order chi connectivity index (χ1) is 14.8. The monoisotopic (exact) mass is 451 g/mol. The third kappa shape index (κ3) is 6.28. The highest BCUT2D eigenvalue weighted by molar-refractivity contribution is 7.89. The number of carbonyl (C=O) groups is 1. The average molecular weight is 452 g/mol. The van der Waals surface area contributed by atoms with Gasteiger partial charge in [0.05, 0.1) is 18.1 Å². The van der Waals surface area contributed by atoms with Gasteiger partial charge in [0.15, 0.2) is 0 Å². The second-order valence-corrected chi connectivity index (χ2v) is 11.0. The molecule has 0 aromatic heterocycles. The van der Waals surface area contributed by atoms with E-state index in [4.69, 9.17) is 4.74 Å². The van der Waals surface area contributed by atoms with Crippen LogP contribution in [-0.2, 0) is 19.6 Å². The van der Waals surface area contributed by atoms with E-state index in [1.54, 1.807) is 24.3 Å². The van der Waals surface area contributed by atoms with Crippen LogP contribution in [0.3, 0.4) is 0 Å². The van der Waals surface area contributed by atoms with Gasteiger partial charge in [-0.25, -0.2) is 8.42 Å². The molecule has 2 aliphatic heterocycles.